The predicted molar refractivity (Wildman–Crippen MR) is 35.7 cm³/mol. The average Bonchev–Trinajstić information content (AvgIpc) is 2.04. The second kappa shape index (κ2) is 3.35. The number of aliphatic carboxylic acids is 1. The van der Waals surface area contributed by atoms with Crippen LogP contribution in [0.4, 0.5) is 0 Å². The van der Waals surface area contributed by atoms with E-state index in [-0.39, 0.29) is 0 Å². The minimum Gasteiger partial charge on any atom is -0.481 e. The van der Waals surface area contributed by atoms with E-state index in [1.165, 1.54) is 0 Å². The molecule has 1 aliphatic heterocycles. The molecule has 2 atom stereocenters. The number of nitrogens with zero attached hydrogens (tertiary/aromatic N) is 1. The molecule has 0 aromatic rings. The summed E-state index contributed by atoms with van der Waals surface area (Å²) < 4.78 is 4.96. The maximum atomic E-state index is 10.5. The van der Waals surface area contributed by atoms with Crippen LogP contribution in [0.25, 0.3) is 0 Å². The van der Waals surface area contributed by atoms with Crippen LogP contribution in [0.15, 0.2) is 0 Å². The van der Waals surface area contributed by atoms with E-state index in [9.17, 15) is 4.79 Å². The van der Waals surface area contributed by atoms with Crippen molar-refractivity contribution in [2.45, 2.75) is 18.9 Å². The summed E-state index contributed by atoms with van der Waals surface area (Å²) in [6, 6.07) is 1.83. The number of rotatable bonds is 1. The standard InChI is InChI=1S/C7H9NO3/c8-4-6-5(7(9)10)2-1-3-11-6/h5-6H,1-3H2,(H,9,10)/t5-,6+/m0/s1. The Bertz CT molecular complexity index is 196. The molecular weight excluding hydrogens is 146 g/mol. The Kier molecular flexibility index (Phi) is 2.44. The minimum atomic E-state index is -0.934. The quantitative estimate of drug-likeness (QED) is 0.594. The number of hydrogen-bond acceptors (Lipinski definition) is 3. The van der Waals surface area contributed by atoms with Crippen LogP contribution in [-0.2, 0) is 9.53 Å². The van der Waals surface area contributed by atoms with Gasteiger partial charge in [-0.2, -0.15) is 5.26 Å². The van der Waals surface area contributed by atoms with Crippen molar-refractivity contribution in [3.63, 3.8) is 0 Å². The normalized spacial score (nSPS) is 30.8. The summed E-state index contributed by atoms with van der Waals surface area (Å²) >= 11 is 0. The molecule has 0 saturated carbocycles. The van der Waals surface area contributed by atoms with E-state index in [0.717, 1.165) is 6.42 Å². The van der Waals surface area contributed by atoms with Crippen molar-refractivity contribution < 1.29 is 14.6 Å². The van der Waals surface area contributed by atoms with Gasteiger partial charge in [-0.15, -0.1) is 0 Å². The van der Waals surface area contributed by atoms with E-state index in [2.05, 4.69) is 0 Å². The second-order valence-electron chi connectivity index (χ2n) is 2.51. The van der Waals surface area contributed by atoms with Gasteiger partial charge in [0, 0.05) is 6.61 Å². The number of nitriles is 1. The Morgan fingerprint density at radius 2 is 2.45 bits per heavy atom. The van der Waals surface area contributed by atoms with Gasteiger partial charge in [0.25, 0.3) is 0 Å². The van der Waals surface area contributed by atoms with E-state index in [0.29, 0.717) is 13.0 Å². The Hall–Kier alpha value is -1.08. The smallest absolute Gasteiger partial charge is 0.310 e. The molecule has 1 saturated heterocycles. The molecule has 11 heavy (non-hydrogen) atoms. The number of carbonyl (C=O) groups is 1. The SMILES string of the molecule is N#C[C@H]1OCCC[C@@H]1C(=O)O. The lowest BCUT2D eigenvalue weighted by atomic mass is 9.95. The lowest BCUT2D eigenvalue weighted by molar-refractivity contribution is -0.148. The first-order chi connectivity index (χ1) is 5.25. The molecule has 0 spiro atoms. The molecule has 1 heterocycles. The van der Waals surface area contributed by atoms with Crippen LogP contribution in [0.2, 0.25) is 0 Å². The second-order valence-corrected chi connectivity index (χ2v) is 2.51. The van der Waals surface area contributed by atoms with Gasteiger partial charge in [0.15, 0.2) is 6.10 Å². The zero-order valence-corrected chi connectivity index (χ0v) is 5.99. The van der Waals surface area contributed by atoms with Crippen molar-refractivity contribution >= 4 is 5.97 Å². The van der Waals surface area contributed by atoms with Gasteiger partial charge in [-0.3, -0.25) is 4.79 Å². The Morgan fingerprint density at radius 1 is 1.73 bits per heavy atom. The average molecular weight is 155 g/mol. The van der Waals surface area contributed by atoms with E-state index in [4.69, 9.17) is 15.1 Å². The minimum absolute atomic E-state index is 0.502. The highest BCUT2D eigenvalue weighted by Gasteiger charge is 2.31. The molecule has 4 nitrogen and oxygen atoms in total. The van der Waals surface area contributed by atoms with Crippen LogP contribution in [0.1, 0.15) is 12.8 Å². The zero-order valence-electron chi connectivity index (χ0n) is 5.99. The number of hydrogen-bond donors (Lipinski definition) is 1. The summed E-state index contributed by atoms with van der Waals surface area (Å²) in [4.78, 5) is 10.5. The van der Waals surface area contributed by atoms with Crippen molar-refractivity contribution in [2.75, 3.05) is 6.61 Å². The first kappa shape index (κ1) is 8.02. The summed E-state index contributed by atoms with van der Waals surface area (Å²) in [5.74, 6) is -1.56. The lowest BCUT2D eigenvalue weighted by Gasteiger charge is -2.23. The molecular formula is C7H9NO3. The number of carboxylic acid groups (broad SMARTS) is 1. The Labute approximate surface area is 64.4 Å². The first-order valence-corrected chi connectivity index (χ1v) is 3.49. The first-order valence-electron chi connectivity index (χ1n) is 3.49. The Morgan fingerprint density at radius 3 is 2.91 bits per heavy atom. The van der Waals surface area contributed by atoms with Gasteiger partial charge < -0.3 is 9.84 Å². The maximum Gasteiger partial charge on any atom is 0.310 e. The molecule has 0 unspecified atom stereocenters. The highest BCUT2D eigenvalue weighted by Crippen LogP contribution is 2.20. The monoisotopic (exact) mass is 155 g/mol. The molecule has 4 heteroatoms. The van der Waals surface area contributed by atoms with Gasteiger partial charge in [0.05, 0.1) is 12.0 Å². The Balaban J connectivity index is 2.60. The molecule has 60 valence electrons. The van der Waals surface area contributed by atoms with Crippen molar-refractivity contribution in [3.8, 4) is 6.07 Å². The van der Waals surface area contributed by atoms with Crippen molar-refractivity contribution in [1.29, 1.82) is 5.26 Å². The highest BCUT2D eigenvalue weighted by atomic mass is 16.5. The highest BCUT2D eigenvalue weighted by molar-refractivity contribution is 5.71. The van der Waals surface area contributed by atoms with E-state index in [1.807, 2.05) is 6.07 Å². The van der Waals surface area contributed by atoms with E-state index < -0.39 is 18.0 Å². The fourth-order valence-corrected chi connectivity index (χ4v) is 1.16. The van der Waals surface area contributed by atoms with Crippen molar-refractivity contribution in [2.24, 2.45) is 5.92 Å². The van der Waals surface area contributed by atoms with Gasteiger partial charge in [0.2, 0.25) is 0 Å². The largest absolute Gasteiger partial charge is 0.481 e. The number of carboxylic acids is 1. The third-order valence-corrected chi connectivity index (χ3v) is 1.77. The molecule has 1 rings (SSSR count). The molecule has 0 aliphatic carbocycles. The van der Waals surface area contributed by atoms with Crippen LogP contribution in [0, 0.1) is 17.2 Å². The summed E-state index contributed by atoms with van der Waals surface area (Å²) in [7, 11) is 0. The third kappa shape index (κ3) is 1.69. The summed E-state index contributed by atoms with van der Waals surface area (Å²) in [5.41, 5.74) is 0. The molecule has 1 fully saturated rings. The lowest BCUT2D eigenvalue weighted by Crippen LogP contribution is -2.33. The zero-order chi connectivity index (χ0) is 8.27. The fraction of sp³-hybridized carbons (Fsp3) is 0.714. The fourth-order valence-electron chi connectivity index (χ4n) is 1.16. The molecule has 0 aromatic heterocycles. The van der Waals surface area contributed by atoms with Gasteiger partial charge in [-0.25, -0.2) is 0 Å². The topological polar surface area (TPSA) is 70.3 Å². The van der Waals surface area contributed by atoms with E-state index in [1.54, 1.807) is 0 Å². The van der Waals surface area contributed by atoms with Crippen LogP contribution in [-0.4, -0.2) is 23.8 Å². The van der Waals surface area contributed by atoms with Gasteiger partial charge in [-0.1, -0.05) is 0 Å². The number of ether oxygens (including phenoxy) is 1. The molecule has 0 aromatic carbocycles. The molecule has 1 N–H and O–H groups in total. The molecule has 0 radical (unpaired) electrons. The van der Waals surface area contributed by atoms with Crippen LogP contribution < -0.4 is 0 Å². The predicted octanol–water partition coefficient (Wildman–Crippen LogP) is 0.390. The molecule has 0 bridgehead atoms. The van der Waals surface area contributed by atoms with Crippen LogP contribution >= 0.6 is 0 Å². The van der Waals surface area contributed by atoms with Crippen molar-refractivity contribution in [3.05, 3.63) is 0 Å². The summed E-state index contributed by atoms with van der Waals surface area (Å²) in [6.45, 7) is 0.502. The van der Waals surface area contributed by atoms with Crippen molar-refractivity contribution in [1.82, 2.24) is 0 Å². The maximum absolute atomic E-state index is 10.5. The van der Waals surface area contributed by atoms with E-state index >= 15 is 0 Å². The van der Waals surface area contributed by atoms with Gasteiger partial charge in [0.1, 0.15) is 0 Å². The van der Waals surface area contributed by atoms with Crippen LogP contribution in [0.3, 0.4) is 0 Å². The molecule has 1 aliphatic rings. The summed E-state index contributed by atoms with van der Waals surface area (Å²) in [6.07, 6.45) is 0.532. The third-order valence-electron chi connectivity index (χ3n) is 1.77. The van der Waals surface area contributed by atoms with Crippen LogP contribution in [0.5, 0.6) is 0 Å². The van der Waals surface area contributed by atoms with Gasteiger partial charge >= 0.3 is 5.97 Å². The summed E-state index contributed by atoms with van der Waals surface area (Å²) in [5, 5.41) is 17.1. The molecule has 0 amide bonds. The van der Waals surface area contributed by atoms with Gasteiger partial charge in [-0.05, 0) is 12.8 Å².